The van der Waals surface area contributed by atoms with E-state index in [0.717, 1.165) is 10.8 Å². The molecular weight excluding hydrogens is 264 g/mol. The molecule has 1 aromatic heterocycles. The van der Waals surface area contributed by atoms with Crippen LogP contribution in [0.3, 0.4) is 0 Å². The van der Waals surface area contributed by atoms with Gasteiger partial charge in [0, 0.05) is 6.07 Å². The molecule has 0 unspecified atom stereocenters. The number of fused-ring (bicyclic) bond motifs is 4. The van der Waals surface area contributed by atoms with Crippen LogP contribution in [0.25, 0.3) is 32.7 Å². The van der Waals surface area contributed by atoms with Crippen LogP contribution in [0.5, 0.6) is 5.75 Å². The normalized spacial score (nSPS) is 11.3. The maximum atomic E-state index is 12.8. The van der Waals surface area contributed by atoms with Gasteiger partial charge in [0.05, 0.1) is 17.9 Å². The molecule has 0 amide bonds. The Hall–Kier alpha value is -2.81. The topological polar surface area (TPSA) is 39.4 Å². The zero-order valence-electron chi connectivity index (χ0n) is 11.4. The van der Waals surface area contributed by atoms with Crippen molar-refractivity contribution in [3.8, 4) is 5.75 Å². The summed E-state index contributed by atoms with van der Waals surface area (Å²) in [6.45, 7) is 0. The molecule has 3 nitrogen and oxygen atoms in total. The highest BCUT2D eigenvalue weighted by atomic mass is 16.5. The third kappa shape index (κ3) is 1.71. The van der Waals surface area contributed by atoms with Crippen LogP contribution in [-0.2, 0) is 0 Å². The van der Waals surface area contributed by atoms with Crippen molar-refractivity contribution in [1.82, 2.24) is 0 Å². The Morgan fingerprint density at radius 1 is 0.905 bits per heavy atom. The van der Waals surface area contributed by atoms with Crippen molar-refractivity contribution in [3.05, 3.63) is 64.8 Å². The van der Waals surface area contributed by atoms with Gasteiger partial charge in [-0.1, -0.05) is 30.3 Å². The van der Waals surface area contributed by atoms with Crippen molar-refractivity contribution in [2.75, 3.05) is 7.11 Å². The van der Waals surface area contributed by atoms with Gasteiger partial charge in [-0.15, -0.1) is 0 Å². The first-order chi connectivity index (χ1) is 10.3. The molecule has 0 saturated heterocycles. The Morgan fingerprint density at radius 2 is 1.76 bits per heavy atom. The largest absolute Gasteiger partial charge is 0.497 e. The van der Waals surface area contributed by atoms with Crippen molar-refractivity contribution in [3.63, 3.8) is 0 Å². The summed E-state index contributed by atoms with van der Waals surface area (Å²) in [5.74, 6) is 0.672. The smallest absolute Gasteiger partial charge is 0.201 e. The Bertz CT molecular complexity index is 1040. The van der Waals surface area contributed by atoms with Gasteiger partial charge < -0.3 is 9.15 Å². The fraction of sp³-hybridized carbons (Fsp3) is 0.0556. The predicted molar refractivity (Wildman–Crippen MR) is 84.0 cm³/mol. The molecule has 21 heavy (non-hydrogen) atoms. The van der Waals surface area contributed by atoms with Crippen LogP contribution in [0.4, 0.5) is 0 Å². The second-order valence-corrected chi connectivity index (χ2v) is 4.95. The Kier molecular flexibility index (Phi) is 2.48. The van der Waals surface area contributed by atoms with Gasteiger partial charge in [-0.25, -0.2) is 0 Å². The summed E-state index contributed by atoms with van der Waals surface area (Å²) in [6, 6.07) is 16.9. The standard InChI is InChI=1S/C18H12O3/c1-20-12-7-8-14-16(10-12)21-15-9-6-11-4-2-3-5-13(11)17(15)18(14)19/h2-10H,1H3. The SMILES string of the molecule is COc1ccc2c(=O)c3c(ccc4ccccc43)oc2c1. The molecular formula is C18H12O3. The third-order valence-corrected chi connectivity index (χ3v) is 3.77. The van der Waals surface area contributed by atoms with Crippen molar-refractivity contribution in [2.45, 2.75) is 0 Å². The zero-order valence-corrected chi connectivity index (χ0v) is 11.4. The van der Waals surface area contributed by atoms with Crippen LogP contribution >= 0.6 is 0 Å². The summed E-state index contributed by atoms with van der Waals surface area (Å²) >= 11 is 0. The van der Waals surface area contributed by atoms with Gasteiger partial charge in [0.1, 0.15) is 16.9 Å². The van der Waals surface area contributed by atoms with E-state index in [-0.39, 0.29) is 5.43 Å². The molecule has 0 saturated carbocycles. The van der Waals surface area contributed by atoms with Crippen molar-refractivity contribution in [2.24, 2.45) is 0 Å². The van der Waals surface area contributed by atoms with Crippen LogP contribution in [0.1, 0.15) is 0 Å². The maximum absolute atomic E-state index is 12.8. The molecule has 0 spiro atoms. The maximum Gasteiger partial charge on any atom is 0.201 e. The lowest BCUT2D eigenvalue weighted by Crippen LogP contribution is -2.02. The van der Waals surface area contributed by atoms with E-state index in [2.05, 4.69) is 0 Å². The summed E-state index contributed by atoms with van der Waals surface area (Å²) in [5, 5.41) is 3.15. The second-order valence-electron chi connectivity index (χ2n) is 4.95. The van der Waals surface area contributed by atoms with Gasteiger partial charge in [-0.2, -0.15) is 0 Å². The second kappa shape index (κ2) is 4.35. The summed E-state index contributed by atoms with van der Waals surface area (Å²) in [4.78, 5) is 12.8. The van der Waals surface area contributed by atoms with Gasteiger partial charge >= 0.3 is 0 Å². The molecule has 1 heterocycles. The van der Waals surface area contributed by atoms with Gasteiger partial charge in [0.15, 0.2) is 0 Å². The number of ether oxygens (including phenoxy) is 1. The van der Waals surface area contributed by atoms with Crippen LogP contribution in [-0.4, -0.2) is 7.11 Å². The molecule has 4 rings (SSSR count). The third-order valence-electron chi connectivity index (χ3n) is 3.77. The average molecular weight is 276 g/mol. The summed E-state index contributed by atoms with van der Waals surface area (Å²) in [6.07, 6.45) is 0. The van der Waals surface area contributed by atoms with Crippen molar-refractivity contribution >= 4 is 32.7 Å². The molecule has 102 valence electrons. The highest BCUT2D eigenvalue weighted by Crippen LogP contribution is 2.27. The molecule has 0 radical (unpaired) electrons. The van der Waals surface area contributed by atoms with E-state index in [1.807, 2.05) is 36.4 Å². The van der Waals surface area contributed by atoms with Crippen LogP contribution in [0, 0.1) is 0 Å². The Labute approximate surface area is 120 Å². The van der Waals surface area contributed by atoms with Gasteiger partial charge in [0.25, 0.3) is 0 Å². The van der Waals surface area contributed by atoms with Crippen molar-refractivity contribution in [1.29, 1.82) is 0 Å². The minimum atomic E-state index is -0.00861. The minimum absolute atomic E-state index is 0.00861. The molecule has 3 heteroatoms. The van der Waals surface area contributed by atoms with Gasteiger partial charge in [-0.3, -0.25) is 4.79 Å². The lowest BCUT2D eigenvalue weighted by molar-refractivity contribution is 0.414. The molecule has 4 aromatic rings. The quantitative estimate of drug-likeness (QED) is 0.388. The summed E-state index contributed by atoms with van der Waals surface area (Å²) in [7, 11) is 1.59. The summed E-state index contributed by atoms with van der Waals surface area (Å²) in [5.41, 5.74) is 1.13. The summed E-state index contributed by atoms with van der Waals surface area (Å²) < 4.78 is 11.1. The highest BCUT2D eigenvalue weighted by Gasteiger charge is 2.11. The molecule has 0 bridgehead atoms. The van der Waals surface area contributed by atoms with E-state index in [9.17, 15) is 4.79 Å². The zero-order chi connectivity index (χ0) is 14.4. The first-order valence-corrected chi connectivity index (χ1v) is 6.70. The molecule has 0 N–H and O–H groups in total. The van der Waals surface area contributed by atoms with Crippen LogP contribution < -0.4 is 10.2 Å². The minimum Gasteiger partial charge on any atom is -0.497 e. The fourth-order valence-electron chi connectivity index (χ4n) is 2.73. The molecule has 3 aromatic carbocycles. The number of hydrogen-bond donors (Lipinski definition) is 0. The van der Waals surface area contributed by atoms with E-state index in [0.29, 0.717) is 27.7 Å². The first kappa shape index (κ1) is 12.0. The van der Waals surface area contributed by atoms with Gasteiger partial charge in [0.2, 0.25) is 5.43 Å². The number of benzene rings is 3. The molecule has 0 fully saturated rings. The first-order valence-electron chi connectivity index (χ1n) is 6.70. The number of hydrogen-bond acceptors (Lipinski definition) is 3. The Balaban J connectivity index is 2.25. The monoisotopic (exact) mass is 276 g/mol. The van der Waals surface area contributed by atoms with E-state index in [1.54, 1.807) is 25.3 Å². The average Bonchev–Trinajstić information content (AvgIpc) is 2.54. The van der Waals surface area contributed by atoms with E-state index >= 15 is 0 Å². The molecule has 0 aliphatic heterocycles. The predicted octanol–water partition coefficient (Wildman–Crippen LogP) is 4.11. The lowest BCUT2D eigenvalue weighted by Gasteiger charge is -2.06. The van der Waals surface area contributed by atoms with Gasteiger partial charge in [-0.05, 0) is 29.0 Å². The van der Waals surface area contributed by atoms with E-state index in [1.165, 1.54) is 0 Å². The number of methoxy groups -OCH3 is 1. The highest BCUT2D eigenvalue weighted by molar-refractivity contribution is 6.08. The number of rotatable bonds is 1. The van der Waals surface area contributed by atoms with Crippen LogP contribution in [0.15, 0.2) is 63.8 Å². The molecule has 0 aliphatic rings. The van der Waals surface area contributed by atoms with Crippen molar-refractivity contribution < 1.29 is 9.15 Å². The lowest BCUT2D eigenvalue weighted by atomic mass is 10.0. The fourth-order valence-corrected chi connectivity index (χ4v) is 2.73. The molecule has 0 aliphatic carbocycles. The van der Waals surface area contributed by atoms with E-state index < -0.39 is 0 Å². The Morgan fingerprint density at radius 3 is 2.62 bits per heavy atom. The molecule has 0 atom stereocenters. The van der Waals surface area contributed by atoms with Crippen LogP contribution in [0.2, 0.25) is 0 Å². The van der Waals surface area contributed by atoms with E-state index in [4.69, 9.17) is 9.15 Å².